The maximum Gasteiger partial charge on any atom is 0.261 e. The fraction of sp³-hybridized carbons (Fsp3) is 0.136. The molecule has 0 heterocycles. The van der Waals surface area contributed by atoms with Crippen LogP contribution >= 0.6 is 11.6 Å². The number of rotatable bonds is 7. The molecule has 0 aliphatic rings. The molecule has 7 heteroatoms. The predicted molar refractivity (Wildman–Crippen MR) is 116 cm³/mol. The van der Waals surface area contributed by atoms with Gasteiger partial charge in [-0.25, -0.2) is 8.42 Å². The van der Waals surface area contributed by atoms with Crippen LogP contribution in [0.3, 0.4) is 0 Å². The highest BCUT2D eigenvalue weighted by Gasteiger charge is 2.16. The summed E-state index contributed by atoms with van der Waals surface area (Å²) < 4.78 is 27.4. The summed E-state index contributed by atoms with van der Waals surface area (Å²) in [5.41, 5.74) is 1.86. The molecule has 0 saturated heterocycles. The number of sulfonamides is 1. The fourth-order valence-corrected chi connectivity index (χ4v) is 4.05. The molecule has 0 aliphatic heterocycles. The van der Waals surface area contributed by atoms with Crippen molar-refractivity contribution in [3.05, 3.63) is 95.0 Å². The van der Waals surface area contributed by atoms with Crippen LogP contribution in [0.15, 0.2) is 83.8 Å². The van der Waals surface area contributed by atoms with Gasteiger partial charge in [0.1, 0.15) is 0 Å². The molecule has 5 nitrogen and oxygen atoms in total. The van der Waals surface area contributed by atoms with Crippen molar-refractivity contribution in [1.82, 2.24) is 5.32 Å². The van der Waals surface area contributed by atoms with E-state index in [0.717, 1.165) is 12.0 Å². The average molecular weight is 429 g/mol. The Balaban J connectivity index is 1.69. The number of hydrogen-bond donors (Lipinski definition) is 2. The van der Waals surface area contributed by atoms with Gasteiger partial charge in [0.2, 0.25) is 0 Å². The van der Waals surface area contributed by atoms with E-state index in [4.69, 9.17) is 11.6 Å². The van der Waals surface area contributed by atoms with Gasteiger partial charge in [-0.3, -0.25) is 9.52 Å². The zero-order valence-corrected chi connectivity index (χ0v) is 17.4. The Bertz CT molecular complexity index is 1070. The van der Waals surface area contributed by atoms with Crippen LogP contribution in [0.2, 0.25) is 5.02 Å². The first-order valence-electron chi connectivity index (χ1n) is 9.13. The zero-order valence-electron chi connectivity index (χ0n) is 15.8. The second-order valence-corrected chi connectivity index (χ2v) is 8.60. The summed E-state index contributed by atoms with van der Waals surface area (Å²) in [5.74, 6) is -0.215. The summed E-state index contributed by atoms with van der Waals surface area (Å²) in [7, 11) is -3.73. The van der Waals surface area contributed by atoms with E-state index in [2.05, 4.69) is 10.0 Å². The molecule has 29 heavy (non-hydrogen) atoms. The summed E-state index contributed by atoms with van der Waals surface area (Å²) in [6.07, 6.45) is 0.759. The lowest BCUT2D eigenvalue weighted by Gasteiger charge is -2.17. The molecule has 3 aromatic carbocycles. The van der Waals surface area contributed by atoms with E-state index in [1.54, 1.807) is 24.3 Å². The highest BCUT2D eigenvalue weighted by Crippen LogP contribution is 2.20. The lowest BCUT2D eigenvalue weighted by Crippen LogP contribution is -2.28. The van der Waals surface area contributed by atoms with Crippen LogP contribution in [0.25, 0.3) is 0 Å². The monoisotopic (exact) mass is 428 g/mol. The van der Waals surface area contributed by atoms with E-state index in [1.807, 2.05) is 37.3 Å². The van der Waals surface area contributed by atoms with Gasteiger partial charge in [-0.2, -0.15) is 0 Å². The first kappa shape index (κ1) is 20.9. The van der Waals surface area contributed by atoms with Crippen molar-refractivity contribution in [2.75, 3.05) is 4.72 Å². The Hall–Kier alpha value is -2.83. The number of benzene rings is 3. The third-order valence-corrected chi connectivity index (χ3v) is 6.09. The van der Waals surface area contributed by atoms with E-state index < -0.39 is 10.0 Å². The largest absolute Gasteiger partial charge is 0.345 e. The highest BCUT2D eigenvalue weighted by atomic mass is 35.5. The Morgan fingerprint density at radius 2 is 1.55 bits per heavy atom. The summed E-state index contributed by atoms with van der Waals surface area (Å²) in [6, 6.07) is 21.9. The van der Waals surface area contributed by atoms with Crippen LogP contribution in [-0.4, -0.2) is 14.3 Å². The van der Waals surface area contributed by atoms with Gasteiger partial charge >= 0.3 is 0 Å². The molecule has 0 aromatic heterocycles. The van der Waals surface area contributed by atoms with Crippen LogP contribution in [0.5, 0.6) is 0 Å². The quantitative estimate of drug-likeness (QED) is 0.554. The maximum absolute atomic E-state index is 12.6. The number of hydrogen-bond acceptors (Lipinski definition) is 3. The van der Waals surface area contributed by atoms with E-state index in [0.29, 0.717) is 16.3 Å². The molecule has 1 atom stereocenters. The molecule has 3 rings (SSSR count). The van der Waals surface area contributed by atoms with E-state index >= 15 is 0 Å². The number of carbonyl (C=O) groups is 1. The Kier molecular flexibility index (Phi) is 6.56. The van der Waals surface area contributed by atoms with Crippen molar-refractivity contribution >= 4 is 33.2 Å². The van der Waals surface area contributed by atoms with Gasteiger partial charge in [0.15, 0.2) is 0 Å². The van der Waals surface area contributed by atoms with Crippen molar-refractivity contribution in [3.63, 3.8) is 0 Å². The number of amides is 1. The molecule has 0 spiro atoms. The van der Waals surface area contributed by atoms with Gasteiger partial charge in [-0.05, 0) is 60.5 Å². The maximum atomic E-state index is 12.6. The minimum atomic E-state index is -3.73. The summed E-state index contributed by atoms with van der Waals surface area (Å²) in [6.45, 7) is 2.01. The minimum Gasteiger partial charge on any atom is -0.345 e. The van der Waals surface area contributed by atoms with Crippen molar-refractivity contribution in [1.29, 1.82) is 0 Å². The third kappa shape index (κ3) is 5.37. The molecule has 1 amide bonds. The zero-order chi connectivity index (χ0) is 20.9. The average Bonchev–Trinajstić information content (AvgIpc) is 2.73. The summed E-state index contributed by atoms with van der Waals surface area (Å²) in [4.78, 5) is 12.7. The van der Waals surface area contributed by atoms with Crippen LogP contribution in [0, 0.1) is 0 Å². The first-order valence-corrected chi connectivity index (χ1v) is 11.0. The summed E-state index contributed by atoms with van der Waals surface area (Å²) >= 11 is 5.80. The molecule has 0 bridgehead atoms. The number of halogens is 1. The molecule has 0 aliphatic carbocycles. The predicted octanol–water partition coefficient (Wildman–Crippen LogP) is 5.02. The van der Waals surface area contributed by atoms with Crippen molar-refractivity contribution in [3.8, 4) is 0 Å². The molecule has 0 saturated carbocycles. The normalized spacial score (nSPS) is 12.2. The van der Waals surface area contributed by atoms with Gasteiger partial charge < -0.3 is 5.32 Å². The topological polar surface area (TPSA) is 75.3 Å². The van der Waals surface area contributed by atoms with Gasteiger partial charge in [0.25, 0.3) is 15.9 Å². The Labute approximate surface area is 175 Å². The van der Waals surface area contributed by atoms with Crippen LogP contribution < -0.4 is 10.0 Å². The van der Waals surface area contributed by atoms with Crippen molar-refractivity contribution in [2.45, 2.75) is 24.3 Å². The van der Waals surface area contributed by atoms with E-state index in [1.165, 1.54) is 24.3 Å². The number of carbonyl (C=O) groups excluding carboxylic acids is 1. The fourth-order valence-electron chi connectivity index (χ4n) is 2.87. The standard InChI is InChI=1S/C22H21ClN2O3S/c1-2-21(16-6-4-3-5-7-16)24-22(26)17-8-12-19(13-9-17)25-29(27,28)20-14-10-18(23)11-15-20/h3-15,21,25H,2H2,1H3,(H,24,26). The van der Waals surface area contributed by atoms with Crippen LogP contribution in [0.1, 0.15) is 35.3 Å². The Morgan fingerprint density at radius 1 is 0.931 bits per heavy atom. The van der Waals surface area contributed by atoms with E-state index in [-0.39, 0.29) is 16.8 Å². The molecule has 150 valence electrons. The van der Waals surface area contributed by atoms with Crippen LogP contribution in [-0.2, 0) is 10.0 Å². The first-order chi connectivity index (χ1) is 13.9. The van der Waals surface area contributed by atoms with Crippen LogP contribution in [0.4, 0.5) is 5.69 Å². The Morgan fingerprint density at radius 3 is 2.14 bits per heavy atom. The lowest BCUT2D eigenvalue weighted by molar-refractivity contribution is 0.0935. The number of anilines is 1. The second kappa shape index (κ2) is 9.11. The molecular formula is C22H21ClN2O3S. The third-order valence-electron chi connectivity index (χ3n) is 4.44. The minimum absolute atomic E-state index is 0.0909. The second-order valence-electron chi connectivity index (χ2n) is 6.48. The van der Waals surface area contributed by atoms with Gasteiger partial charge in [-0.1, -0.05) is 48.9 Å². The molecular weight excluding hydrogens is 408 g/mol. The highest BCUT2D eigenvalue weighted by molar-refractivity contribution is 7.92. The molecule has 1 unspecified atom stereocenters. The van der Waals surface area contributed by atoms with Gasteiger partial charge in [0, 0.05) is 16.3 Å². The van der Waals surface area contributed by atoms with E-state index in [9.17, 15) is 13.2 Å². The smallest absolute Gasteiger partial charge is 0.261 e. The van der Waals surface area contributed by atoms with Crippen molar-refractivity contribution in [2.24, 2.45) is 0 Å². The van der Waals surface area contributed by atoms with Gasteiger partial charge in [-0.15, -0.1) is 0 Å². The lowest BCUT2D eigenvalue weighted by atomic mass is 10.0. The summed E-state index contributed by atoms with van der Waals surface area (Å²) in [5, 5.41) is 3.47. The number of nitrogens with one attached hydrogen (secondary N) is 2. The molecule has 0 fully saturated rings. The SMILES string of the molecule is CCC(NC(=O)c1ccc(NS(=O)(=O)c2ccc(Cl)cc2)cc1)c1ccccc1. The molecule has 2 N–H and O–H groups in total. The van der Waals surface area contributed by atoms with Gasteiger partial charge in [0.05, 0.1) is 10.9 Å². The molecule has 0 radical (unpaired) electrons. The van der Waals surface area contributed by atoms with Crippen molar-refractivity contribution < 1.29 is 13.2 Å². The molecule has 3 aromatic rings.